The van der Waals surface area contributed by atoms with E-state index in [9.17, 15) is 9.59 Å². The fourth-order valence-corrected chi connectivity index (χ4v) is 3.36. The van der Waals surface area contributed by atoms with Crippen molar-refractivity contribution < 1.29 is 13.9 Å². The molecule has 0 aliphatic carbocycles. The smallest absolute Gasteiger partial charge is 0.353 e. The lowest BCUT2D eigenvalue weighted by Gasteiger charge is -2.13. The molecule has 134 valence electrons. The number of hydrogen-bond acceptors (Lipinski definition) is 5. The van der Waals surface area contributed by atoms with Crippen LogP contribution in [0.1, 0.15) is 38.1 Å². The maximum atomic E-state index is 12.4. The molecule has 0 atom stereocenters. The van der Waals surface area contributed by atoms with Gasteiger partial charge in [-0.2, -0.15) is 0 Å². The minimum atomic E-state index is -0.820. The maximum Gasteiger partial charge on any atom is 0.353 e. The van der Waals surface area contributed by atoms with E-state index in [1.165, 1.54) is 6.07 Å². The van der Waals surface area contributed by atoms with Gasteiger partial charge in [-0.1, -0.05) is 15.9 Å². The molecule has 0 saturated carbocycles. The molecule has 0 aliphatic rings. The number of fused-ring (bicyclic) bond motifs is 1. The monoisotopic (exact) mass is 472 g/mol. The molecular weight excluding hydrogens is 456 g/mol. The normalized spacial score (nSPS) is 12.1. The molecule has 8 heteroatoms. The van der Waals surface area contributed by atoms with Crippen molar-refractivity contribution in [3.63, 3.8) is 0 Å². The molecule has 6 nitrogen and oxygen atoms in total. The van der Waals surface area contributed by atoms with Crippen LogP contribution < -0.4 is 10.9 Å². The highest BCUT2D eigenvalue weighted by molar-refractivity contribution is 9.11. The molecule has 0 radical (unpaired) electrons. The molecule has 1 heterocycles. The number of nitrogens with zero attached hydrogens (tertiary/aromatic N) is 1. The Kier molecular flexibility index (Phi) is 6.40. The van der Waals surface area contributed by atoms with Crippen molar-refractivity contribution in [3.05, 3.63) is 43.1 Å². The molecule has 0 unspecified atom stereocenters. The molecule has 0 spiro atoms. The Bertz CT molecular complexity index is 888. The van der Waals surface area contributed by atoms with Crippen LogP contribution in [-0.2, 0) is 4.74 Å². The average molecular weight is 474 g/mol. The first kappa shape index (κ1) is 19.7. The highest BCUT2D eigenvalue weighted by Crippen LogP contribution is 2.28. The lowest BCUT2D eigenvalue weighted by molar-refractivity contribution is 0.0701. The van der Waals surface area contributed by atoms with Gasteiger partial charge in [0.05, 0.1) is 4.47 Å². The lowest BCUT2D eigenvalue weighted by Crippen LogP contribution is -2.35. The van der Waals surface area contributed by atoms with E-state index in [2.05, 4.69) is 42.2 Å². The van der Waals surface area contributed by atoms with E-state index in [4.69, 9.17) is 9.15 Å². The zero-order valence-electron chi connectivity index (χ0n) is 14.2. The zero-order chi connectivity index (χ0) is 18.7. The molecule has 1 aromatic heterocycles. The Hall–Kier alpha value is -1.67. The summed E-state index contributed by atoms with van der Waals surface area (Å²) in [6.45, 7) is 7.50. The van der Waals surface area contributed by atoms with Gasteiger partial charge in [0.1, 0.15) is 5.56 Å². The molecule has 0 aliphatic heterocycles. The molecule has 1 N–H and O–H groups in total. The molecular formula is C17H18Br2N2O4. The van der Waals surface area contributed by atoms with Crippen molar-refractivity contribution in [1.29, 1.82) is 0 Å². The van der Waals surface area contributed by atoms with Crippen LogP contribution in [0.2, 0.25) is 0 Å². The van der Waals surface area contributed by atoms with Gasteiger partial charge in [-0.25, -0.2) is 14.6 Å². The van der Waals surface area contributed by atoms with E-state index < -0.39 is 11.6 Å². The molecule has 0 bridgehead atoms. The fraction of sp³-hybridized carbons (Fsp3) is 0.353. The van der Waals surface area contributed by atoms with Gasteiger partial charge < -0.3 is 14.5 Å². The summed E-state index contributed by atoms with van der Waals surface area (Å²) in [4.78, 5) is 28.8. The van der Waals surface area contributed by atoms with Crippen LogP contribution >= 0.6 is 31.9 Å². The number of hydrogen-bond donors (Lipinski definition) is 1. The summed E-state index contributed by atoms with van der Waals surface area (Å²) in [5, 5.41) is 3.54. The number of benzene rings is 1. The number of amidine groups is 1. The van der Waals surface area contributed by atoms with Crippen molar-refractivity contribution in [2.45, 2.75) is 39.8 Å². The Labute approximate surface area is 161 Å². The number of esters is 1. The van der Waals surface area contributed by atoms with Crippen molar-refractivity contribution in [1.82, 2.24) is 5.32 Å². The van der Waals surface area contributed by atoms with Gasteiger partial charge in [-0.05, 0) is 61.8 Å². The highest BCUT2D eigenvalue weighted by atomic mass is 79.9. The molecule has 25 heavy (non-hydrogen) atoms. The van der Waals surface area contributed by atoms with Gasteiger partial charge in [0.2, 0.25) is 0 Å². The predicted molar refractivity (Wildman–Crippen MR) is 104 cm³/mol. The van der Waals surface area contributed by atoms with Crippen molar-refractivity contribution >= 4 is 54.8 Å². The van der Waals surface area contributed by atoms with Gasteiger partial charge in [-0.3, -0.25) is 0 Å². The van der Waals surface area contributed by atoms with Crippen LogP contribution in [-0.4, -0.2) is 24.1 Å². The third kappa shape index (κ3) is 5.15. The zero-order valence-corrected chi connectivity index (χ0v) is 17.4. The summed E-state index contributed by atoms with van der Waals surface area (Å²) in [6.07, 6.45) is 0. The second kappa shape index (κ2) is 8.14. The molecule has 0 amide bonds. The first-order valence-electron chi connectivity index (χ1n) is 7.66. The second-order valence-electron chi connectivity index (χ2n) is 5.97. The Morgan fingerprint density at radius 1 is 1.20 bits per heavy atom. The third-order valence-corrected chi connectivity index (χ3v) is 4.00. The van der Waals surface area contributed by atoms with E-state index in [0.717, 1.165) is 4.47 Å². The largest absolute Gasteiger partial charge is 0.421 e. The van der Waals surface area contributed by atoms with Crippen LogP contribution in [0.4, 0.5) is 0 Å². The van der Waals surface area contributed by atoms with Gasteiger partial charge in [0.15, 0.2) is 5.58 Å². The van der Waals surface area contributed by atoms with E-state index >= 15 is 0 Å². The van der Waals surface area contributed by atoms with Crippen molar-refractivity contribution in [2.24, 2.45) is 4.99 Å². The van der Waals surface area contributed by atoms with Crippen molar-refractivity contribution in [2.75, 3.05) is 0 Å². The Morgan fingerprint density at radius 3 is 2.48 bits per heavy atom. The summed E-state index contributed by atoms with van der Waals surface area (Å²) in [6, 6.07) is 4.96. The molecule has 0 fully saturated rings. The Balaban J connectivity index is 2.41. The summed E-state index contributed by atoms with van der Waals surface area (Å²) in [5.74, 6) is -0.820. The quantitative estimate of drug-likeness (QED) is 0.312. The minimum absolute atomic E-state index is 0.0187. The number of aliphatic imine (C=N–C) groups is 1. The van der Waals surface area contributed by atoms with Gasteiger partial charge >= 0.3 is 11.6 Å². The van der Waals surface area contributed by atoms with Crippen LogP contribution in [0.5, 0.6) is 0 Å². The molecule has 2 rings (SSSR count). The standard InChI is InChI=1S/C17H18Br2N2O4/c1-8(2)20-17(21-9(3)4)25-16(23)12-6-10-5-11(18)7-13(19)14(10)24-15(12)22/h5-9H,1-4H3,(H,20,21). The lowest BCUT2D eigenvalue weighted by atomic mass is 10.2. The van der Waals surface area contributed by atoms with E-state index in [1.54, 1.807) is 12.1 Å². The number of ether oxygens (including phenoxy) is 1. The Morgan fingerprint density at radius 2 is 1.88 bits per heavy atom. The second-order valence-corrected chi connectivity index (χ2v) is 7.74. The summed E-state index contributed by atoms with van der Waals surface area (Å²) >= 11 is 6.69. The fourth-order valence-electron chi connectivity index (χ4n) is 2.02. The minimum Gasteiger partial charge on any atom is -0.421 e. The van der Waals surface area contributed by atoms with Gasteiger partial charge in [0.25, 0.3) is 6.02 Å². The molecule has 2 aromatic rings. The van der Waals surface area contributed by atoms with Crippen LogP contribution in [0, 0.1) is 0 Å². The van der Waals surface area contributed by atoms with E-state index in [1.807, 2.05) is 27.7 Å². The predicted octanol–water partition coefficient (Wildman–Crippen LogP) is 4.24. The van der Waals surface area contributed by atoms with E-state index in [0.29, 0.717) is 15.4 Å². The van der Waals surface area contributed by atoms with Crippen LogP contribution in [0.25, 0.3) is 11.0 Å². The summed E-state index contributed by atoms with van der Waals surface area (Å²) in [7, 11) is 0. The number of carbonyl (C=O) groups is 1. The maximum absolute atomic E-state index is 12.4. The average Bonchev–Trinajstić information content (AvgIpc) is 2.45. The number of halogens is 2. The summed E-state index contributed by atoms with van der Waals surface area (Å²) in [5.41, 5.74) is -0.602. The van der Waals surface area contributed by atoms with E-state index in [-0.39, 0.29) is 23.7 Å². The summed E-state index contributed by atoms with van der Waals surface area (Å²) < 4.78 is 11.9. The number of nitrogens with one attached hydrogen (secondary N) is 1. The number of rotatable bonds is 3. The SMILES string of the molecule is CC(C)N=C(NC(C)C)OC(=O)c1cc2cc(Br)cc(Br)c2oc1=O. The molecule has 0 saturated heterocycles. The topological polar surface area (TPSA) is 80.9 Å². The van der Waals surface area contributed by atoms with Crippen LogP contribution in [0.15, 0.2) is 41.3 Å². The first-order chi connectivity index (χ1) is 11.7. The number of carbonyl (C=O) groups excluding carboxylic acids is 1. The van der Waals surface area contributed by atoms with Crippen molar-refractivity contribution in [3.8, 4) is 0 Å². The van der Waals surface area contributed by atoms with Gasteiger partial charge in [-0.15, -0.1) is 0 Å². The first-order valence-corrected chi connectivity index (χ1v) is 9.25. The third-order valence-electron chi connectivity index (χ3n) is 2.95. The molecule has 1 aromatic carbocycles. The highest BCUT2D eigenvalue weighted by Gasteiger charge is 2.19. The van der Waals surface area contributed by atoms with Crippen LogP contribution in [0.3, 0.4) is 0 Å². The van der Waals surface area contributed by atoms with Gasteiger partial charge in [0, 0.05) is 21.9 Å².